The van der Waals surface area contributed by atoms with E-state index in [1.54, 1.807) is 0 Å². The van der Waals surface area contributed by atoms with Crippen molar-refractivity contribution < 1.29 is 4.42 Å². The second-order valence-corrected chi connectivity index (χ2v) is 5.47. The van der Waals surface area contributed by atoms with Crippen molar-refractivity contribution in [3.8, 4) is 0 Å². The van der Waals surface area contributed by atoms with Gasteiger partial charge in [-0.1, -0.05) is 6.92 Å². The molecule has 0 saturated heterocycles. The molecule has 0 spiro atoms. The third-order valence-electron chi connectivity index (χ3n) is 2.77. The molecule has 2 nitrogen and oxygen atoms in total. The van der Waals surface area contributed by atoms with E-state index < -0.39 is 0 Å². The van der Waals surface area contributed by atoms with Crippen LogP contribution in [0.2, 0.25) is 0 Å². The molecule has 0 aliphatic heterocycles. The molecule has 3 heteroatoms. The highest BCUT2D eigenvalue weighted by molar-refractivity contribution is 7.98. The molecule has 0 aromatic carbocycles. The second-order valence-electron chi connectivity index (χ2n) is 4.56. The Hall–Kier alpha value is -0.410. The number of thioether (sulfide) groups is 1. The topological polar surface area (TPSA) is 25.2 Å². The third kappa shape index (κ3) is 3.87. The molecule has 2 atom stereocenters. The molecule has 16 heavy (non-hydrogen) atoms. The molecule has 0 saturated carbocycles. The van der Waals surface area contributed by atoms with Crippen molar-refractivity contribution in [2.45, 2.75) is 33.7 Å². The predicted molar refractivity (Wildman–Crippen MR) is 72.1 cm³/mol. The first-order valence-electron chi connectivity index (χ1n) is 5.83. The fourth-order valence-electron chi connectivity index (χ4n) is 1.91. The molecule has 0 aliphatic carbocycles. The van der Waals surface area contributed by atoms with Crippen LogP contribution in [-0.2, 0) is 0 Å². The van der Waals surface area contributed by atoms with E-state index in [0.29, 0.717) is 12.0 Å². The first-order chi connectivity index (χ1) is 7.54. The van der Waals surface area contributed by atoms with Crippen molar-refractivity contribution in [1.29, 1.82) is 0 Å². The zero-order valence-corrected chi connectivity index (χ0v) is 11.8. The van der Waals surface area contributed by atoms with Crippen LogP contribution in [0.1, 0.15) is 37.0 Å². The lowest BCUT2D eigenvalue weighted by molar-refractivity contribution is 0.474. The summed E-state index contributed by atoms with van der Waals surface area (Å²) >= 11 is 1.91. The van der Waals surface area contributed by atoms with Gasteiger partial charge in [0.1, 0.15) is 11.5 Å². The molecule has 1 rings (SSSR count). The van der Waals surface area contributed by atoms with Crippen molar-refractivity contribution >= 4 is 11.8 Å². The van der Waals surface area contributed by atoms with Gasteiger partial charge in [0.2, 0.25) is 0 Å². The fraction of sp³-hybridized carbons (Fsp3) is 0.692. The van der Waals surface area contributed by atoms with Gasteiger partial charge in [0.25, 0.3) is 0 Å². The van der Waals surface area contributed by atoms with Crippen molar-refractivity contribution in [3.05, 3.63) is 23.2 Å². The summed E-state index contributed by atoms with van der Waals surface area (Å²) in [6, 6.07) is 2.51. The van der Waals surface area contributed by atoms with Crippen LogP contribution in [0.4, 0.5) is 0 Å². The first-order valence-corrected chi connectivity index (χ1v) is 7.23. The third-order valence-corrected chi connectivity index (χ3v) is 3.67. The second kappa shape index (κ2) is 6.36. The van der Waals surface area contributed by atoms with Crippen LogP contribution in [0.5, 0.6) is 0 Å². The largest absolute Gasteiger partial charge is 0.466 e. The molecular weight excluding hydrogens is 218 g/mol. The molecule has 1 N–H and O–H groups in total. The molecule has 1 aromatic rings. The minimum absolute atomic E-state index is 0.377. The van der Waals surface area contributed by atoms with E-state index >= 15 is 0 Å². The number of furan rings is 1. The van der Waals surface area contributed by atoms with E-state index in [1.165, 1.54) is 11.3 Å². The Balaban J connectivity index is 2.46. The highest BCUT2D eigenvalue weighted by atomic mass is 32.2. The van der Waals surface area contributed by atoms with Crippen molar-refractivity contribution in [2.75, 3.05) is 18.6 Å². The lowest BCUT2D eigenvalue weighted by atomic mass is 10.1. The Morgan fingerprint density at radius 3 is 2.56 bits per heavy atom. The summed E-state index contributed by atoms with van der Waals surface area (Å²) in [6.45, 7) is 9.57. The first kappa shape index (κ1) is 13.7. The van der Waals surface area contributed by atoms with Crippen LogP contribution in [0.25, 0.3) is 0 Å². The zero-order valence-electron chi connectivity index (χ0n) is 11.0. The Morgan fingerprint density at radius 1 is 1.38 bits per heavy atom. The normalized spacial score (nSPS) is 15.1. The highest BCUT2D eigenvalue weighted by Crippen LogP contribution is 2.21. The van der Waals surface area contributed by atoms with Gasteiger partial charge < -0.3 is 9.73 Å². The summed E-state index contributed by atoms with van der Waals surface area (Å²) in [6.07, 6.45) is 2.16. The predicted octanol–water partition coefficient (Wildman–Crippen LogP) is 3.55. The van der Waals surface area contributed by atoms with Crippen molar-refractivity contribution in [1.82, 2.24) is 5.32 Å². The number of hydrogen-bond acceptors (Lipinski definition) is 3. The van der Waals surface area contributed by atoms with E-state index in [4.69, 9.17) is 4.42 Å². The van der Waals surface area contributed by atoms with Gasteiger partial charge in [-0.25, -0.2) is 0 Å². The van der Waals surface area contributed by atoms with Crippen LogP contribution in [-0.4, -0.2) is 18.6 Å². The van der Waals surface area contributed by atoms with E-state index in [9.17, 15) is 0 Å². The summed E-state index contributed by atoms with van der Waals surface area (Å²) in [7, 11) is 0. The number of hydrogen-bond donors (Lipinski definition) is 1. The summed E-state index contributed by atoms with van der Waals surface area (Å²) < 4.78 is 5.55. The summed E-state index contributed by atoms with van der Waals surface area (Å²) in [4.78, 5) is 0. The van der Waals surface area contributed by atoms with Gasteiger partial charge in [-0.05, 0) is 51.3 Å². The molecule has 92 valence electrons. The number of rotatable bonds is 6. The SMILES string of the molecule is CSCC(C)CNC(C)c1cc(C)oc1C. The molecular formula is C13H23NOS. The minimum Gasteiger partial charge on any atom is -0.466 e. The van der Waals surface area contributed by atoms with Gasteiger partial charge in [0.05, 0.1) is 0 Å². The van der Waals surface area contributed by atoms with Crippen LogP contribution in [0.15, 0.2) is 10.5 Å². The Labute approximate surface area is 103 Å². The lowest BCUT2D eigenvalue weighted by Gasteiger charge is -2.16. The van der Waals surface area contributed by atoms with Crippen molar-refractivity contribution in [2.24, 2.45) is 5.92 Å². The average Bonchev–Trinajstić information content (AvgIpc) is 2.55. The molecule has 0 aliphatic rings. The monoisotopic (exact) mass is 241 g/mol. The quantitative estimate of drug-likeness (QED) is 0.824. The molecule has 1 heterocycles. The Bertz CT molecular complexity index is 322. The molecule has 2 unspecified atom stereocenters. The maximum atomic E-state index is 5.55. The number of nitrogens with one attached hydrogen (secondary N) is 1. The van der Waals surface area contributed by atoms with E-state index in [2.05, 4.69) is 31.5 Å². The van der Waals surface area contributed by atoms with Gasteiger partial charge in [-0.2, -0.15) is 11.8 Å². The molecule has 1 aromatic heterocycles. The van der Waals surface area contributed by atoms with E-state index in [0.717, 1.165) is 18.1 Å². The van der Waals surface area contributed by atoms with Crippen LogP contribution in [0.3, 0.4) is 0 Å². The van der Waals surface area contributed by atoms with Crippen LogP contribution >= 0.6 is 11.8 Å². The standard InChI is InChI=1S/C13H23NOS/c1-9(8-16-5)7-14-11(3)13-6-10(2)15-12(13)4/h6,9,11,14H,7-8H2,1-5H3. The minimum atomic E-state index is 0.377. The van der Waals surface area contributed by atoms with Crippen LogP contribution < -0.4 is 5.32 Å². The summed E-state index contributed by atoms with van der Waals surface area (Å²) in [5.41, 5.74) is 1.29. The van der Waals surface area contributed by atoms with E-state index in [-0.39, 0.29) is 0 Å². The van der Waals surface area contributed by atoms with Gasteiger partial charge in [-0.15, -0.1) is 0 Å². The van der Waals surface area contributed by atoms with Gasteiger partial charge >= 0.3 is 0 Å². The zero-order chi connectivity index (χ0) is 12.1. The van der Waals surface area contributed by atoms with Gasteiger partial charge in [0.15, 0.2) is 0 Å². The van der Waals surface area contributed by atoms with Crippen LogP contribution in [0, 0.1) is 19.8 Å². The van der Waals surface area contributed by atoms with E-state index in [1.807, 2.05) is 25.6 Å². The highest BCUT2D eigenvalue weighted by Gasteiger charge is 2.12. The molecule has 0 fully saturated rings. The Kier molecular flexibility index (Phi) is 5.42. The Morgan fingerprint density at radius 2 is 2.06 bits per heavy atom. The lowest BCUT2D eigenvalue weighted by Crippen LogP contribution is -2.25. The molecule has 0 bridgehead atoms. The fourth-order valence-corrected chi connectivity index (χ4v) is 2.60. The summed E-state index contributed by atoms with van der Waals surface area (Å²) in [5.74, 6) is 3.96. The average molecular weight is 241 g/mol. The van der Waals surface area contributed by atoms with Gasteiger partial charge in [0, 0.05) is 11.6 Å². The molecule has 0 radical (unpaired) electrons. The molecule has 0 amide bonds. The van der Waals surface area contributed by atoms with Crippen molar-refractivity contribution in [3.63, 3.8) is 0 Å². The van der Waals surface area contributed by atoms with Gasteiger partial charge in [-0.3, -0.25) is 0 Å². The summed E-state index contributed by atoms with van der Waals surface area (Å²) in [5, 5.41) is 3.56. The smallest absolute Gasteiger partial charge is 0.105 e. The maximum Gasteiger partial charge on any atom is 0.105 e. The maximum absolute atomic E-state index is 5.55. The number of aryl methyl sites for hydroxylation is 2.